The highest BCUT2D eigenvalue weighted by Crippen LogP contribution is 2.07. The highest BCUT2D eigenvalue weighted by atomic mass is 16.4. The summed E-state index contributed by atoms with van der Waals surface area (Å²) in [6.45, 7) is 4.52. The standard InChI is InChI=1S/C10H18N2O4/c1-7(13)12(4)6-8(14)11-10(2,3)5-9(15)16/h5-6H2,1-4H3,(H,11,14)(H,15,16). The van der Waals surface area contributed by atoms with E-state index in [4.69, 9.17) is 5.11 Å². The van der Waals surface area contributed by atoms with Crippen molar-refractivity contribution in [3.05, 3.63) is 0 Å². The van der Waals surface area contributed by atoms with Crippen molar-refractivity contribution in [1.82, 2.24) is 10.2 Å². The number of carboxylic acids is 1. The number of amides is 2. The maximum absolute atomic E-state index is 11.5. The van der Waals surface area contributed by atoms with Gasteiger partial charge in [-0.2, -0.15) is 0 Å². The Hall–Kier alpha value is -1.59. The quantitative estimate of drug-likeness (QED) is 0.686. The lowest BCUT2D eigenvalue weighted by Gasteiger charge is -2.25. The molecule has 0 saturated heterocycles. The summed E-state index contributed by atoms with van der Waals surface area (Å²) in [6.07, 6.45) is -0.164. The van der Waals surface area contributed by atoms with E-state index in [0.717, 1.165) is 0 Å². The van der Waals surface area contributed by atoms with E-state index in [-0.39, 0.29) is 24.8 Å². The molecule has 0 aromatic heterocycles. The second-order valence-corrected chi connectivity index (χ2v) is 4.38. The van der Waals surface area contributed by atoms with Crippen molar-refractivity contribution in [3.63, 3.8) is 0 Å². The monoisotopic (exact) mass is 230 g/mol. The fourth-order valence-corrected chi connectivity index (χ4v) is 1.17. The maximum Gasteiger partial charge on any atom is 0.305 e. The fourth-order valence-electron chi connectivity index (χ4n) is 1.17. The van der Waals surface area contributed by atoms with Gasteiger partial charge in [-0.15, -0.1) is 0 Å². The van der Waals surface area contributed by atoms with Gasteiger partial charge in [0.15, 0.2) is 0 Å². The number of hydrogen-bond acceptors (Lipinski definition) is 3. The predicted molar refractivity (Wildman–Crippen MR) is 57.8 cm³/mol. The van der Waals surface area contributed by atoms with E-state index in [1.54, 1.807) is 13.8 Å². The predicted octanol–water partition coefficient (Wildman–Crippen LogP) is -0.166. The van der Waals surface area contributed by atoms with Crippen molar-refractivity contribution in [3.8, 4) is 0 Å². The Kier molecular flexibility index (Phi) is 4.94. The summed E-state index contributed by atoms with van der Waals surface area (Å²) in [6, 6.07) is 0. The highest BCUT2D eigenvalue weighted by molar-refractivity contribution is 5.84. The molecule has 0 bridgehead atoms. The van der Waals surface area contributed by atoms with Gasteiger partial charge in [-0.25, -0.2) is 0 Å². The molecule has 92 valence electrons. The highest BCUT2D eigenvalue weighted by Gasteiger charge is 2.24. The number of hydrogen-bond donors (Lipinski definition) is 2. The van der Waals surface area contributed by atoms with Crippen molar-refractivity contribution >= 4 is 17.8 Å². The molecule has 6 nitrogen and oxygen atoms in total. The van der Waals surface area contributed by atoms with Crippen LogP contribution >= 0.6 is 0 Å². The minimum atomic E-state index is -0.981. The molecule has 2 amide bonds. The van der Waals surface area contributed by atoms with Crippen LogP contribution in [0.1, 0.15) is 27.2 Å². The molecule has 0 spiro atoms. The lowest BCUT2D eigenvalue weighted by Crippen LogP contribution is -2.48. The van der Waals surface area contributed by atoms with E-state index in [9.17, 15) is 14.4 Å². The van der Waals surface area contributed by atoms with Crippen LogP contribution in [0.2, 0.25) is 0 Å². The van der Waals surface area contributed by atoms with Crippen LogP contribution in [0.25, 0.3) is 0 Å². The molecule has 0 radical (unpaired) electrons. The number of aliphatic carboxylic acids is 1. The molecular formula is C10H18N2O4. The molecule has 0 unspecified atom stereocenters. The van der Waals surface area contributed by atoms with Gasteiger partial charge in [-0.1, -0.05) is 0 Å². The van der Waals surface area contributed by atoms with Gasteiger partial charge in [0.25, 0.3) is 0 Å². The molecule has 0 atom stereocenters. The minimum absolute atomic E-state index is 0.0710. The van der Waals surface area contributed by atoms with E-state index >= 15 is 0 Å². The number of carboxylic acid groups (broad SMARTS) is 1. The molecule has 0 saturated carbocycles. The van der Waals surface area contributed by atoms with E-state index in [1.165, 1.54) is 18.9 Å². The summed E-state index contributed by atoms with van der Waals surface area (Å²) in [5, 5.41) is 11.2. The number of nitrogens with one attached hydrogen (secondary N) is 1. The minimum Gasteiger partial charge on any atom is -0.481 e. The third-order valence-corrected chi connectivity index (χ3v) is 1.99. The van der Waals surface area contributed by atoms with Crippen LogP contribution in [0.4, 0.5) is 0 Å². The lowest BCUT2D eigenvalue weighted by atomic mass is 10.0. The first-order chi connectivity index (χ1) is 7.14. The van der Waals surface area contributed by atoms with Gasteiger partial charge in [-0.05, 0) is 13.8 Å². The largest absolute Gasteiger partial charge is 0.481 e. The Labute approximate surface area is 94.6 Å². The molecule has 2 N–H and O–H groups in total. The Morgan fingerprint density at radius 1 is 1.31 bits per heavy atom. The van der Waals surface area contributed by atoms with Crippen LogP contribution < -0.4 is 5.32 Å². The van der Waals surface area contributed by atoms with Crippen LogP contribution in [-0.4, -0.2) is 46.9 Å². The van der Waals surface area contributed by atoms with Crippen molar-refractivity contribution < 1.29 is 19.5 Å². The fraction of sp³-hybridized carbons (Fsp3) is 0.700. The van der Waals surface area contributed by atoms with E-state index < -0.39 is 11.5 Å². The molecule has 0 aromatic rings. The van der Waals surface area contributed by atoms with Gasteiger partial charge in [0.2, 0.25) is 11.8 Å². The molecule has 0 aromatic carbocycles. The third kappa shape index (κ3) is 6.00. The maximum atomic E-state index is 11.5. The summed E-state index contributed by atoms with van der Waals surface area (Å²) in [4.78, 5) is 34.1. The SMILES string of the molecule is CC(=O)N(C)CC(=O)NC(C)(C)CC(=O)O. The molecule has 0 heterocycles. The van der Waals surface area contributed by atoms with Gasteiger partial charge < -0.3 is 15.3 Å². The zero-order valence-electron chi connectivity index (χ0n) is 10.0. The second kappa shape index (κ2) is 5.48. The number of rotatable bonds is 5. The molecule has 0 fully saturated rings. The second-order valence-electron chi connectivity index (χ2n) is 4.38. The molecule has 16 heavy (non-hydrogen) atoms. The van der Waals surface area contributed by atoms with Gasteiger partial charge in [0, 0.05) is 19.5 Å². The summed E-state index contributed by atoms with van der Waals surface area (Å²) in [5.74, 6) is -1.57. The summed E-state index contributed by atoms with van der Waals surface area (Å²) >= 11 is 0. The Bertz CT molecular complexity index is 299. The number of likely N-dealkylation sites (N-methyl/N-ethyl adjacent to an activating group) is 1. The van der Waals surface area contributed by atoms with Crippen LogP contribution in [0, 0.1) is 0 Å². The topological polar surface area (TPSA) is 86.7 Å². The van der Waals surface area contributed by atoms with Crippen LogP contribution in [-0.2, 0) is 14.4 Å². The van der Waals surface area contributed by atoms with Crippen molar-refractivity contribution in [2.24, 2.45) is 0 Å². The molecule has 0 aliphatic carbocycles. The van der Waals surface area contributed by atoms with Crippen LogP contribution in [0.15, 0.2) is 0 Å². The van der Waals surface area contributed by atoms with E-state index in [0.29, 0.717) is 0 Å². The van der Waals surface area contributed by atoms with Crippen molar-refractivity contribution in [2.75, 3.05) is 13.6 Å². The zero-order valence-corrected chi connectivity index (χ0v) is 10.0. The average molecular weight is 230 g/mol. The Morgan fingerprint density at radius 3 is 2.19 bits per heavy atom. The Balaban J connectivity index is 4.23. The zero-order chi connectivity index (χ0) is 12.9. The van der Waals surface area contributed by atoms with Gasteiger partial charge in [0.1, 0.15) is 0 Å². The summed E-state index contributed by atoms with van der Waals surface area (Å²) in [7, 11) is 1.51. The molecule has 0 aliphatic rings. The van der Waals surface area contributed by atoms with Gasteiger partial charge in [0.05, 0.1) is 13.0 Å². The molecule has 6 heteroatoms. The summed E-state index contributed by atoms with van der Waals surface area (Å²) in [5.41, 5.74) is -0.819. The summed E-state index contributed by atoms with van der Waals surface area (Å²) < 4.78 is 0. The first kappa shape index (κ1) is 14.4. The number of carbonyl (C=O) groups is 3. The number of carbonyl (C=O) groups excluding carboxylic acids is 2. The lowest BCUT2D eigenvalue weighted by molar-refractivity contribution is -0.139. The van der Waals surface area contributed by atoms with Gasteiger partial charge >= 0.3 is 5.97 Å². The smallest absolute Gasteiger partial charge is 0.305 e. The van der Waals surface area contributed by atoms with Gasteiger partial charge in [-0.3, -0.25) is 14.4 Å². The Morgan fingerprint density at radius 2 is 1.81 bits per heavy atom. The van der Waals surface area contributed by atoms with E-state index in [1.807, 2.05) is 0 Å². The average Bonchev–Trinajstić information content (AvgIpc) is 1.98. The van der Waals surface area contributed by atoms with Crippen LogP contribution in [0.3, 0.4) is 0 Å². The van der Waals surface area contributed by atoms with E-state index in [2.05, 4.69) is 5.32 Å². The van der Waals surface area contributed by atoms with Crippen molar-refractivity contribution in [2.45, 2.75) is 32.7 Å². The normalized spacial score (nSPS) is 10.8. The first-order valence-corrected chi connectivity index (χ1v) is 4.88. The van der Waals surface area contributed by atoms with Crippen molar-refractivity contribution in [1.29, 1.82) is 0 Å². The first-order valence-electron chi connectivity index (χ1n) is 4.88. The molecule has 0 aliphatic heterocycles. The number of nitrogens with zero attached hydrogens (tertiary/aromatic N) is 1. The third-order valence-electron chi connectivity index (χ3n) is 1.99. The molecular weight excluding hydrogens is 212 g/mol. The molecule has 0 rings (SSSR count). The van der Waals surface area contributed by atoms with Crippen LogP contribution in [0.5, 0.6) is 0 Å².